The van der Waals surface area contributed by atoms with Crippen LogP contribution in [-0.2, 0) is 17.6 Å². The summed E-state index contributed by atoms with van der Waals surface area (Å²) in [6.45, 7) is 1.43. The lowest BCUT2D eigenvalue weighted by Gasteiger charge is -2.04. The molecule has 0 saturated heterocycles. The molecule has 8 heteroatoms. The number of methoxy groups -OCH3 is 1. The van der Waals surface area contributed by atoms with Gasteiger partial charge >= 0.3 is 0 Å². The molecule has 0 saturated carbocycles. The van der Waals surface area contributed by atoms with Gasteiger partial charge in [0.25, 0.3) is 5.91 Å². The molecule has 0 atom stereocenters. The first-order valence-corrected chi connectivity index (χ1v) is 9.49. The molecule has 0 aliphatic carbocycles. The van der Waals surface area contributed by atoms with Gasteiger partial charge in [-0.1, -0.05) is 23.5 Å². The number of anilines is 2. The van der Waals surface area contributed by atoms with Crippen molar-refractivity contribution in [2.75, 3.05) is 17.7 Å². The summed E-state index contributed by atoms with van der Waals surface area (Å²) in [6.07, 6.45) is 1.57. The van der Waals surface area contributed by atoms with Gasteiger partial charge in [0.2, 0.25) is 11.0 Å². The first kappa shape index (κ1) is 19.5. The second kappa shape index (κ2) is 9.09. The number of carbonyl (C=O) groups excluding carboxylic acids is 2. The van der Waals surface area contributed by atoms with Crippen LogP contribution in [-0.4, -0.2) is 29.1 Å². The topological polar surface area (TPSA) is 93.2 Å². The summed E-state index contributed by atoms with van der Waals surface area (Å²) in [5.74, 6) is 0.398. The Kier molecular flexibility index (Phi) is 6.33. The Morgan fingerprint density at radius 1 is 0.964 bits per heavy atom. The molecule has 0 aliphatic heterocycles. The predicted molar refractivity (Wildman–Crippen MR) is 109 cm³/mol. The van der Waals surface area contributed by atoms with E-state index < -0.39 is 0 Å². The number of amides is 2. The fourth-order valence-electron chi connectivity index (χ4n) is 2.53. The van der Waals surface area contributed by atoms with Crippen LogP contribution in [0.5, 0.6) is 5.75 Å². The molecule has 3 aromatic rings. The predicted octanol–water partition coefficient (Wildman–Crippen LogP) is 3.54. The highest BCUT2D eigenvalue weighted by atomic mass is 32.1. The number of aromatic nitrogens is 2. The van der Waals surface area contributed by atoms with Crippen molar-refractivity contribution >= 4 is 34.0 Å². The average molecular weight is 396 g/mol. The van der Waals surface area contributed by atoms with Crippen molar-refractivity contribution in [3.8, 4) is 5.75 Å². The lowest BCUT2D eigenvalue weighted by Crippen LogP contribution is -2.12. The molecule has 1 aromatic heterocycles. The van der Waals surface area contributed by atoms with Gasteiger partial charge in [0.15, 0.2) is 0 Å². The highest BCUT2D eigenvalue weighted by Crippen LogP contribution is 2.19. The van der Waals surface area contributed by atoms with Gasteiger partial charge < -0.3 is 10.1 Å². The Morgan fingerprint density at radius 2 is 1.68 bits per heavy atom. The molecule has 0 fully saturated rings. The maximum Gasteiger partial charge on any atom is 0.257 e. The Morgan fingerprint density at radius 3 is 2.32 bits per heavy atom. The van der Waals surface area contributed by atoms with Crippen molar-refractivity contribution < 1.29 is 14.3 Å². The largest absolute Gasteiger partial charge is 0.497 e. The van der Waals surface area contributed by atoms with Crippen molar-refractivity contribution in [1.82, 2.24) is 10.2 Å². The number of carbonyl (C=O) groups is 2. The van der Waals surface area contributed by atoms with E-state index in [1.165, 1.54) is 23.8 Å². The molecule has 2 N–H and O–H groups in total. The molecule has 0 spiro atoms. The zero-order chi connectivity index (χ0) is 19.9. The zero-order valence-corrected chi connectivity index (χ0v) is 16.4. The number of nitrogens with one attached hydrogen (secondary N) is 2. The lowest BCUT2D eigenvalue weighted by molar-refractivity contribution is -0.114. The van der Waals surface area contributed by atoms with Crippen molar-refractivity contribution in [2.24, 2.45) is 0 Å². The van der Waals surface area contributed by atoms with Crippen LogP contribution in [0.1, 0.15) is 27.9 Å². The number of ether oxygens (including phenoxy) is 1. The summed E-state index contributed by atoms with van der Waals surface area (Å²) >= 11 is 1.36. The van der Waals surface area contributed by atoms with E-state index in [1.807, 2.05) is 24.3 Å². The van der Waals surface area contributed by atoms with Crippen molar-refractivity contribution in [3.63, 3.8) is 0 Å². The standard InChI is InChI=1S/C20H20N4O3S/c1-13(25)21-16-8-6-15(7-9-16)19(26)22-20-24-23-18(28-20)12-5-14-3-10-17(27-2)11-4-14/h3-4,6-11H,5,12H2,1-2H3,(H,21,25)(H,22,24,26). The molecule has 0 bridgehead atoms. The summed E-state index contributed by atoms with van der Waals surface area (Å²) in [5.41, 5.74) is 2.30. The molecule has 0 radical (unpaired) electrons. The highest BCUT2D eigenvalue weighted by molar-refractivity contribution is 7.15. The van der Waals surface area contributed by atoms with Gasteiger partial charge in [-0.3, -0.25) is 14.9 Å². The van der Waals surface area contributed by atoms with E-state index in [-0.39, 0.29) is 11.8 Å². The summed E-state index contributed by atoms with van der Waals surface area (Å²) in [5, 5.41) is 14.9. The third kappa shape index (κ3) is 5.37. The molecule has 28 heavy (non-hydrogen) atoms. The minimum Gasteiger partial charge on any atom is -0.497 e. The number of aryl methyl sites for hydroxylation is 2. The maximum absolute atomic E-state index is 12.3. The van der Waals surface area contributed by atoms with Crippen molar-refractivity contribution in [3.05, 3.63) is 64.7 Å². The number of hydrogen-bond donors (Lipinski definition) is 2. The van der Waals surface area contributed by atoms with E-state index in [9.17, 15) is 9.59 Å². The van der Waals surface area contributed by atoms with Gasteiger partial charge in [-0.15, -0.1) is 10.2 Å². The smallest absolute Gasteiger partial charge is 0.257 e. The quantitative estimate of drug-likeness (QED) is 0.637. The molecule has 0 aliphatic rings. The normalized spacial score (nSPS) is 10.4. The molecule has 0 unspecified atom stereocenters. The minimum atomic E-state index is -0.271. The Balaban J connectivity index is 1.54. The van der Waals surface area contributed by atoms with E-state index in [1.54, 1.807) is 31.4 Å². The van der Waals surface area contributed by atoms with Crippen LogP contribution >= 0.6 is 11.3 Å². The maximum atomic E-state index is 12.3. The molecular weight excluding hydrogens is 376 g/mol. The summed E-state index contributed by atoms with van der Waals surface area (Å²) in [7, 11) is 1.64. The van der Waals surface area contributed by atoms with E-state index in [2.05, 4.69) is 20.8 Å². The minimum absolute atomic E-state index is 0.159. The van der Waals surface area contributed by atoms with Crippen LogP contribution in [0.4, 0.5) is 10.8 Å². The molecule has 2 aromatic carbocycles. The van der Waals surface area contributed by atoms with E-state index >= 15 is 0 Å². The van der Waals surface area contributed by atoms with Crippen molar-refractivity contribution in [1.29, 1.82) is 0 Å². The van der Waals surface area contributed by atoms with Crippen LogP contribution in [0.25, 0.3) is 0 Å². The summed E-state index contributed by atoms with van der Waals surface area (Å²) in [6, 6.07) is 14.5. The monoisotopic (exact) mass is 396 g/mol. The number of nitrogens with zero attached hydrogens (tertiary/aromatic N) is 2. The average Bonchev–Trinajstić information content (AvgIpc) is 3.14. The highest BCUT2D eigenvalue weighted by Gasteiger charge is 2.11. The van der Waals surface area contributed by atoms with E-state index in [0.29, 0.717) is 16.4 Å². The van der Waals surface area contributed by atoms with Crippen LogP contribution in [0, 0.1) is 0 Å². The summed E-state index contributed by atoms with van der Waals surface area (Å²) in [4.78, 5) is 23.4. The van der Waals surface area contributed by atoms with E-state index in [4.69, 9.17) is 4.74 Å². The molecule has 144 valence electrons. The molecular formula is C20H20N4O3S. The molecule has 3 rings (SSSR count). The van der Waals surface area contributed by atoms with E-state index in [0.717, 1.165) is 23.6 Å². The van der Waals surface area contributed by atoms with Gasteiger partial charge in [-0.2, -0.15) is 0 Å². The first-order valence-electron chi connectivity index (χ1n) is 8.68. The Hall–Kier alpha value is -3.26. The zero-order valence-electron chi connectivity index (χ0n) is 15.6. The van der Waals surface area contributed by atoms with Gasteiger partial charge in [-0.25, -0.2) is 0 Å². The molecule has 2 amide bonds. The van der Waals surface area contributed by atoms with Crippen LogP contribution in [0.2, 0.25) is 0 Å². The third-order valence-corrected chi connectivity index (χ3v) is 4.84. The SMILES string of the molecule is COc1ccc(CCc2nnc(NC(=O)c3ccc(NC(C)=O)cc3)s2)cc1. The Bertz CT molecular complexity index is 952. The second-order valence-electron chi connectivity index (χ2n) is 6.06. The third-order valence-electron chi connectivity index (χ3n) is 3.94. The number of hydrogen-bond acceptors (Lipinski definition) is 6. The van der Waals surface area contributed by atoms with Gasteiger partial charge in [0.05, 0.1) is 7.11 Å². The van der Waals surface area contributed by atoms with Crippen molar-refractivity contribution in [2.45, 2.75) is 19.8 Å². The van der Waals surface area contributed by atoms with Crippen LogP contribution < -0.4 is 15.4 Å². The molecule has 7 nitrogen and oxygen atoms in total. The fraction of sp³-hybridized carbons (Fsp3) is 0.200. The van der Waals surface area contributed by atoms with Gasteiger partial charge in [0.1, 0.15) is 10.8 Å². The molecule has 1 heterocycles. The second-order valence-corrected chi connectivity index (χ2v) is 7.12. The first-order chi connectivity index (χ1) is 13.5. The number of rotatable bonds is 7. The van der Waals surface area contributed by atoms with Crippen LogP contribution in [0.15, 0.2) is 48.5 Å². The van der Waals surface area contributed by atoms with Crippen LogP contribution in [0.3, 0.4) is 0 Å². The lowest BCUT2D eigenvalue weighted by atomic mass is 10.1. The van der Waals surface area contributed by atoms with Gasteiger partial charge in [-0.05, 0) is 48.4 Å². The van der Waals surface area contributed by atoms with Gasteiger partial charge in [0, 0.05) is 24.6 Å². The number of benzene rings is 2. The summed E-state index contributed by atoms with van der Waals surface area (Å²) < 4.78 is 5.15. The fourth-order valence-corrected chi connectivity index (χ4v) is 3.26. The Labute approximate surface area is 166 Å².